The highest BCUT2D eigenvalue weighted by atomic mass is 35.5. The van der Waals surface area contributed by atoms with E-state index in [0.717, 1.165) is 30.8 Å². The van der Waals surface area contributed by atoms with E-state index in [1.54, 1.807) is 0 Å². The zero-order chi connectivity index (χ0) is 17.4. The van der Waals surface area contributed by atoms with E-state index in [2.05, 4.69) is 28.4 Å². The van der Waals surface area contributed by atoms with Crippen molar-refractivity contribution in [1.82, 2.24) is 10.3 Å². The fourth-order valence-corrected chi connectivity index (χ4v) is 4.56. The first kappa shape index (κ1) is 17.0. The third kappa shape index (κ3) is 2.97. The zero-order valence-electron chi connectivity index (χ0n) is 14.9. The van der Waals surface area contributed by atoms with Gasteiger partial charge in [-0.1, -0.05) is 18.5 Å². The number of nitrogens with zero attached hydrogens (tertiary/aromatic N) is 2. The molecule has 2 atom stereocenters. The predicted octanol–water partition coefficient (Wildman–Crippen LogP) is 3.62. The average molecular weight is 364 g/mol. The molecular weight excluding hydrogens is 338 g/mol. The van der Waals surface area contributed by atoms with Crippen LogP contribution in [0.5, 0.6) is 11.5 Å². The Labute approximate surface area is 154 Å². The van der Waals surface area contributed by atoms with Crippen LogP contribution in [0.25, 0.3) is 0 Å². The van der Waals surface area contributed by atoms with Gasteiger partial charge in [-0.2, -0.15) is 5.10 Å². The number of piperidine rings is 3. The summed E-state index contributed by atoms with van der Waals surface area (Å²) in [6.45, 7) is 7.60. The average Bonchev–Trinajstić information content (AvgIpc) is 3.09. The maximum absolute atomic E-state index is 6.55. The van der Waals surface area contributed by atoms with Crippen LogP contribution in [0.15, 0.2) is 17.2 Å². The number of fused-ring (bicyclic) bond motifs is 2. The smallest absolute Gasteiger partial charge is 0.179 e. The lowest BCUT2D eigenvalue weighted by Gasteiger charge is -2.45. The Morgan fingerprint density at radius 3 is 2.76 bits per heavy atom. The summed E-state index contributed by atoms with van der Waals surface area (Å²) in [6, 6.07) is 4.56. The molecule has 4 aliphatic heterocycles. The molecule has 3 saturated heterocycles. The van der Waals surface area contributed by atoms with Gasteiger partial charge in [0.15, 0.2) is 11.5 Å². The molecule has 5 rings (SSSR count). The van der Waals surface area contributed by atoms with E-state index in [-0.39, 0.29) is 6.04 Å². The van der Waals surface area contributed by atoms with Gasteiger partial charge in [0.25, 0.3) is 0 Å². The second kappa shape index (κ2) is 7.04. The van der Waals surface area contributed by atoms with Crippen LogP contribution in [0, 0.1) is 5.92 Å². The monoisotopic (exact) mass is 363 g/mol. The van der Waals surface area contributed by atoms with Crippen molar-refractivity contribution in [3.05, 3.63) is 22.7 Å². The van der Waals surface area contributed by atoms with Gasteiger partial charge in [-0.05, 0) is 57.0 Å². The molecule has 25 heavy (non-hydrogen) atoms. The topological polar surface area (TPSA) is 46.1 Å². The molecule has 0 spiro atoms. The minimum atomic E-state index is 0.134. The quantitative estimate of drug-likeness (QED) is 0.838. The first-order valence-corrected chi connectivity index (χ1v) is 9.76. The Morgan fingerprint density at radius 1 is 1.24 bits per heavy atom. The maximum Gasteiger partial charge on any atom is 0.179 e. The summed E-state index contributed by atoms with van der Waals surface area (Å²) in [4.78, 5) is 2.55. The van der Waals surface area contributed by atoms with Crippen LogP contribution in [0.4, 0.5) is 0 Å². The molecule has 136 valence electrons. The maximum atomic E-state index is 6.55. The van der Waals surface area contributed by atoms with Crippen molar-refractivity contribution >= 4 is 17.3 Å². The van der Waals surface area contributed by atoms with Crippen molar-refractivity contribution in [3.63, 3.8) is 0 Å². The Bertz CT molecular complexity index is 671. The van der Waals surface area contributed by atoms with E-state index in [1.807, 2.05) is 13.0 Å². The number of benzene rings is 1. The van der Waals surface area contributed by atoms with Crippen LogP contribution >= 0.6 is 11.6 Å². The minimum absolute atomic E-state index is 0.134. The fourth-order valence-electron chi connectivity index (χ4n) is 4.29. The highest BCUT2D eigenvalue weighted by molar-refractivity contribution is 6.32. The van der Waals surface area contributed by atoms with Gasteiger partial charge in [0, 0.05) is 5.92 Å². The van der Waals surface area contributed by atoms with Crippen molar-refractivity contribution in [2.75, 3.05) is 26.3 Å². The molecule has 0 radical (unpaired) electrons. The molecule has 4 heterocycles. The van der Waals surface area contributed by atoms with Crippen molar-refractivity contribution in [1.29, 1.82) is 0 Å². The van der Waals surface area contributed by atoms with E-state index in [4.69, 9.17) is 21.1 Å². The fraction of sp³-hybridized carbons (Fsp3) is 0.632. The van der Waals surface area contributed by atoms with Crippen molar-refractivity contribution in [2.45, 2.75) is 45.2 Å². The number of halogens is 1. The van der Waals surface area contributed by atoms with E-state index < -0.39 is 0 Å². The molecule has 0 aromatic heterocycles. The van der Waals surface area contributed by atoms with Gasteiger partial charge < -0.3 is 14.9 Å². The minimum Gasteiger partial charge on any atom is -0.490 e. The second-order valence-corrected chi connectivity index (χ2v) is 7.42. The standard InChI is InChI=1S/C19H26ClN3O2/c1-3-9-25-19-14(20)10-13(11-15(19)24-4-2)17-18-16(21-22-17)12-5-7-23(18)8-6-12/h10-12,17-18,22H,3-9H2,1-2H3. The number of nitrogens with one attached hydrogen (secondary N) is 1. The molecule has 4 aliphatic rings. The molecule has 5 nitrogen and oxygen atoms in total. The largest absolute Gasteiger partial charge is 0.490 e. The normalized spacial score (nSPS) is 29.8. The summed E-state index contributed by atoms with van der Waals surface area (Å²) in [6.07, 6.45) is 3.40. The van der Waals surface area contributed by atoms with E-state index in [0.29, 0.717) is 35.9 Å². The van der Waals surface area contributed by atoms with E-state index >= 15 is 0 Å². The number of ether oxygens (including phenoxy) is 2. The summed E-state index contributed by atoms with van der Waals surface area (Å²) < 4.78 is 11.7. The van der Waals surface area contributed by atoms with Crippen molar-refractivity contribution < 1.29 is 9.47 Å². The number of rotatable bonds is 6. The molecule has 1 aromatic carbocycles. The van der Waals surface area contributed by atoms with Crippen LogP contribution in [0.3, 0.4) is 0 Å². The predicted molar refractivity (Wildman–Crippen MR) is 99.8 cm³/mol. The van der Waals surface area contributed by atoms with Gasteiger partial charge in [-0.15, -0.1) is 0 Å². The van der Waals surface area contributed by atoms with Gasteiger partial charge in [0.1, 0.15) is 0 Å². The highest BCUT2D eigenvalue weighted by Gasteiger charge is 2.47. The summed E-state index contributed by atoms with van der Waals surface area (Å²) in [5.41, 5.74) is 5.81. The van der Waals surface area contributed by atoms with Gasteiger partial charge in [0.2, 0.25) is 0 Å². The van der Waals surface area contributed by atoms with Crippen molar-refractivity contribution in [2.24, 2.45) is 11.0 Å². The second-order valence-electron chi connectivity index (χ2n) is 7.01. The number of hydrazone groups is 1. The molecule has 0 amide bonds. The third-order valence-electron chi connectivity index (χ3n) is 5.43. The lowest BCUT2D eigenvalue weighted by atomic mass is 9.78. The van der Waals surface area contributed by atoms with Crippen LogP contribution in [-0.2, 0) is 0 Å². The number of hydrogen-bond acceptors (Lipinski definition) is 5. The Hall–Kier alpha value is -1.46. The SMILES string of the molecule is CCCOc1c(Cl)cc(C2NN=C3C4CCN(CC4)C32)cc1OCC. The van der Waals surface area contributed by atoms with Crippen LogP contribution in [-0.4, -0.2) is 43.0 Å². The molecule has 3 fully saturated rings. The Balaban J connectivity index is 1.64. The molecule has 1 aromatic rings. The Morgan fingerprint density at radius 2 is 2.04 bits per heavy atom. The van der Waals surface area contributed by atoms with E-state index in [1.165, 1.54) is 18.6 Å². The molecule has 6 heteroatoms. The lowest BCUT2D eigenvalue weighted by molar-refractivity contribution is 0.133. The van der Waals surface area contributed by atoms with Crippen LogP contribution in [0.2, 0.25) is 5.02 Å². The lowest BCUT2D eigenvalue weighted by Crippen LogP contribution is -2.56. The summed E-state index contributed by atoms with van der Waals surface area (Å²) >= 11 is 6.55. The Kier molecular flexibility index (Phi) is 4.78. The van der Waals surface area contributed by atoms with Crippen LogP contribution in [0.1, 0.15) is 44.7 Å². The zero-order valence-corrected chi connectivity index (χ0v) is 15.7. The first-order chi connectivity index (χ1) is 12.2. The summed E-state index contributed by atoms with van der Waals surface area (Å²) in [5, 5.41) is 5.30. The molecule has 0 saturated carbocycles. The highest BCUT2D eigenvalue weighted by Crippen LogP contribution is 2.43. The third-order valence-corrected chi connectivity index (χ3v) is 5.71. The van der Waals surface area contributed by atoms with Crippen LogP contribution < -0.4 is 14.9 Å². The molecule has 0 aliphatic carbocycles. The molecule has 1 N–H and O–H groups in total. The molecular formula is C19H26ClN3O2. The van der Waals surface area contributed by atoms with Gasteiger partial charge >= 0.3 is 0 Å². The van der Waals surface area contributed by atoms with Crippen molar-refractivity contribution in [3.8, 4) is 11.5 Å². The molecule has 2 bridgehead atoms. The van der Waals surface area contributed by atoms with E-state index in [9.17, 15) is 0 Å². The molecule has 2 unspecified atom stereocenters. The summed E-state index contributed by atoms with van der Waals surface area (Å²) in [7, 11) is 0. The van der Waals surface area contributed by atoms with Gasteiger partial charge in [-0.25, -0.2) is 0 Å². The summed E-state index contributed by atoms with van der Waals surface area (Å²) in [5.74, 6) is 2.02. The van der Waals surface area contributed by atoms with Gasteiger partial charge in [0.05, 0.1) is 36.0 Å². The first-order valence-electron chi connectivity index (χ1n) is 9.39. The number of hydrogen-bond donors (Lipinski definition) is 1. The van der Waals surface area contributed by atoms with Gasteiger partial charge in [-0.3, -0.25) is 4.90 Å².